The van der Waals surface area contributed by atoms with Crippen LogP contribution in [0.5, 0.6) is 0 Å². The predicted molar refractivity (Wildman–Crippen MR) is 138 cm³/mol. The van der Waals surface area contributed by atoms with Crippen LogP contribution in [0.2, 0.25) is 10.0 Å². The highest BCUT2D eigenvalue weighted by Gasteiger charge is 2.26. The van der Waals surface area contributed by atoms with Gasteiger partial charge in [0, 0.05) is 36.1 Å². The number of likely N-dealkylation sites (N-methyl/N-ethyl adjacent to an activating group) is 1. The van der Waals surface area contributed by atoms with Gasteiger partial charge in [-0.2, -0.15) is 0 Å². The van der Waals surface area contributed by atoms with Gasteiger partial charge < -0.3 is 10.2 Å². The van der Waals surface area contributed by atoms with Crippen molar-refractivity contribution in [3.63, 3.8) is 0 Å². The number of carbonyl (C=O) groups excluding carboxylic acids is 2. The summed E-state index contributed by atoms with van der Waals surface area (Å²) in [5, 5.41) is 3.75. The minimum absolute atomic E-state index is 0.0654. The topological polar surface area (TPSA) is 86.8 Å². The molecular weight excluding hydrogens is 497 g/mol. The van der Waals surface area contributed by atoms with Gasteiger partial charge in [-0.25, -0.2) is 8.42 Å². The number of rotatable bonds is 11. The van der Waals surface area contributed by atoms with Crippen LogP contribution in [0.25, 0.3) is 0 Å². The highest BCUT2D eigenvalue weighted by molar-refractivity contribution is 7.92. The van der Waals surface area contributed by atoms with Crippen LogP contribution in [0, 0.1) is 6.92 Å². The van der Waals surface area contributed by atoms with Crippen molar-refractivity contribution in [3.8, 4) is 0 Å². The molecule has 0 fully saturated rings. The molecule has 0 radical (unpaired) electrons. The predicted octanol–water partition coefficient (Wildman–Crippen LogP) is 4.40. The first-order valence-electron chi connectivity index (χ1n) is 11.0. The zero-order valence-electron chi connectivity index (χ0n) is 19.8. The molecule has 0 bridgehead atoms. The quantitative estimate of drug-likeness (QED) is 0.469. The van der Waals surface area contributed by atoms with E-state index in [-0.39, 0.29) is 37.7 Å². The largest absolute Gasteiger partial charge is 0.355 e. The van der Waals surface area contributed by atoms with Gasteiger partial charge >= 0.3 is 0 Å². The monoisotopic (exact) mass is 527 g/mol. The maximum atomic E-state index is 13.2. The van der Waals surface area contributed by atoms with Gasteiger partial charge in [-0.05, 0) is 62.6 Å². The number of hydrogen-bond acceptors (Lipinski definition) is 4. The van der Waals surface area contributed by atoms with Crippen LogP contribution >= 0.6 is 23.2 Å². The smallest absolute Gasteiger partial charge is 0.242 e. The average molecular weight is 529 g/mol. The van der Waals surface area contributed by atoms with Gasteiger partial charge in [-0.3, -0.25) is 13.9 Å². The van der Waals surface area contributed by atoms with Crippen LogP contribution in [-0.2, 0) is 26.2 Å². The second-order valence-electron chi connectivity index (χ2n) is 8.04. The molecule has 2 rings (SSSR count). The third-order valence-electron chi connectivity index (χ3n) is 5.42. The number of anilines is 1. The molecular formula is C24H31Cl2N3O4S. The maximum absolute atomic E-state index is 13.2. The second-order valence-corrected chi connectivity index (χ2v) is 10.8. The fraction of sp³-hybridized carbons (Fsp3) is 0.417. The molecule has 0 saturated heterocycles. The number of nitrogens with one attached hydrogen (secondary N) is 1. The Labute approximate surface area is 212 Å². The molecule has 0 aromatic heterocycles. The van der Waals surface area contributed by atoms with E-state index in [9.17, 15) is 18.0 Å². The Morgan fingerprint density at radius 3 is 2.41 bits per heavy atom. The van der Waals surface area contributed by atoms with Crippen LogP contribution < -0.4 is 9.62 Å². The van der Waals surface area contributed by atoms with Crippen molar-refractivity contribution >= 4 is 50.7 Å². The van der Waals surface area contributed by atoms with Crippen molar-refractivity contribution in [1.29, 1.82) is 0 Å². The van der Waals surface area contributed by atoms with E-state index in [1.807, 2.05) is 13.0 Å². The van der Waals surface area contributed by atoms with Gasteiger partial charge in [0.1, 0.15) is 6.04 Å². The molecule has 0 unspecified atom stereocenters. The van der Waals surface area contributed by atoms with Gasteiger partial charge in [0.15, 0.2) is 0 Å². The first kappa shape index (κ1) is 28.0. The number of carbonyl (C=O) groups is 2. The summed E-state index contributed by atoms with van der Waals surface area (Å²) in [5.74, 6) is -0.514. The molecule has 0 aliphatic rings. The lowest BCUT2D eigenvalue weighted by atomic mass is 10.1. The van der Waals surface area contributed by atoms with Crippen molar-refractivity contribution in [2.45, 2.75) is 46.2 Å². The molecule has 0 spiro atoms. The molecule has 2 aromatic carbocycles. The maximum Gasteiger partial charge on any atom is 0.242 e. The third-order valence-corrected chi connectivity index (χ3v) is 7.24. The first-order chi connectivity index (χ1) is 16.0. The van der Waals surface area contributed by atoms with Crippen LogP contribution in [0.3, 0.4) is 0 Å². The number of sulfonamides is 1. The third kappa shape index (κ3) is 7.61. The van der Waals surface area contributed by atoms with Crippen molar-refractivity contribution in [3.05, 3.63) is 63.6 Å². The van der Waals surface area contributed by atoms with Crippen molar-refractivity contribution in [2.24, 2.45) is 0 Å². The Balaban J connectivity index is 2.19. The van der Waals surface area contributed by atoms with Crippen LogP contribution in [0.4, 0.5) is 5.69 Å². The Bertz CT molecular complexity index is 1120. The molecule has 7 nitrogen and oxygen atoms in total. The fourth-order valence-electron chi connectivity index (χ4n) is 3.59. The lowest BCUT2D eigenvalue weighted by molar-refractivity contribution is -0.140. The lowest BCUT2D eigenvalue weighted by Crippen LogP contribution is -2.47. The number of hydrogen-bond donors (Lipinski definition) is 1. The Morgan fingerprint density at radius 2 is 1.79 bits per heavy atom. The van der Waals surface area contributed by atoms with E-state index < -0.39 is 16.1 Å². The standard InChI is InChI=1S/C24H31Cl2N3O4S/c1-5-27-24(31)18(3)28(16-19-9-6-10-20(25)15-19)23(30)13-8-14-29(34(4,32)33)22-12-7-11-21(26)17(22)2/h6-7,9-12,15,18H,5,8,13-14,16H2,1-4H3,(H,27,31)/t18-/m0/s1. The molecule has 10 heteroatoms. The highest BCUT2D eigenvalue weighted by Crippen LogP contribution is 2.28. The highest BCUT2D eigenvalue weighted by atomic mass is 35.5. The van der Waals surface area contributed by atoms with Crippen LogP contribution in [0.1, 0.15) is 37.8 Å². The summed E-state index contributed by atoms with van der Waals surface area (Å²) in [4.78, 5) is 27.2. The minimum atomic E-state index is -3.59. The number of halogens is 2. The minimum Gasteiger partial charge on any atom is -0.355 e. The number of benzene rings is 2. The van der Waals surface area contributed by atoms with E-state index in [1.165, 1.54) is 9.21 Å². The molecule has 2 amide bonds. The first-order valence-corrected chi connectivity index (χ1v) is 13.6. The van der Waals surface area contributed by atoms with E-state index in [1.54, 1.807) is 50.2 Å². The van der Waals surface area contributed by atoms with Crippen molar-refractivity contribution in [2.75, 3.05) is 23.7 Å². The van der Waals surface area contributed by atoms with Gasteiger partial charge in [0.05, 0.1) is 11.9 Å². The summed E-state index contributed by atoms with van der Waals surface area (Å²) in [6.07, 6.45) is 1.46. The molecule has 1 atom stereocenters. The summed E-state index contributed by atoms with van der Waals surface area (Å²) >= 11 is 12.3. The molecule has 186 valence electrons. The molecule has 0 saturated carbocycles. The molecule has 2 aromatic rings. The van der Waals surface area contributed by atoms with E-state index in [2.05, 4.69) is 5.32 Å². The van der Waals surface area contributed by atoms with Gasteiger partial charge in [-0.1, -0.05) is 41.4 Å². The summed E-state index contributed by atoms with van der Waals surface area (Å²) in [5.41, 5.74) is 1.92. The molecule has 0 aliphatic heterocycles. The van der Waals surface area contributed by atoms with Gasteiger partial charge in [0.25, 0.3) is 0 Å². The zero-order chi connectivity index (χ0) is 25.5. The number of nitrogens with zero attached hydrogens (tertiary/aromatic N) is 2. The second kappa shape index (κ2) is 12.4. The van der Waals surface area contributed by atoms with Crippen LogP contribution in [-0.4, -0.2) is 50.5 Å². The van der Waals surface area contributed by atoms with E-state index >= 15 is 0 Å². The molecule has 1 N–H and O–H groups in total. The zero-order valence-corrected chi connectivity index (χ0v) is 22.2. The van der Waals surface area contributed by atoms with Gasteiger partial charge in [0.2, 0.25) is 21.8 Å². The van der Waals surface area contributed by atoms with E-state index in [0.29, 0.717) is 27.8 Å². The lowest BCUT2D eigenvalue weighted by Gasteiger charge is -2.29. The van der Waals surface area contributed by atoms with Crippen LogP contribution in [0.15, 0.2) is 42.5 Å². The van der Waals surface area contributed by atoms with E-state index in [4.69, 9.17) is 23.2 Å². The Hall–Kier alpha value is -2.29. The van der Waals surface area contributed by atoms with Gasteiger partial charge in [-0.15, -0.1) is 0 Å². The summed E-state index contributed by atoms with van der Waals surface area (Å²) in [6, 6.07) is 11.5. The van der Waals surface area contributed by atoms with Crippen molar-refractivity contribution in [1.82, 2.24) is 10.2 Å². The normalized spacial score (nSPS) is 12.2. The molecule has 34 heavy (non-hydrogen) atoms. The molecule has 0 heterocycles. The Kier molecular flexibility index (Phi) is 10.2. The van der Waals surface area contributed by atoms with Crippen molar-refractivity contribution < 1.29 is 18.0 Å². The SMILES string of the molecule is CCNC(=O)[C@H](C)N(Cc1cccc(Cl)c1)C(=O)CCCN(c1cccc(Cl)c1C)S(C)(=O)=O. The fourth-order valence-corrected chi connectivity index (χ4v) is 4.98. The Morgan fingerprint density at radius 1 is 1.12 bits per heavy atom. The number of amides is 2. The average Bonchev–Trinajstić information content (AvgIpc) is 2.76. The molecule has 0 aliphatic carbocycles. The summed E-state index contributed by atoms with van der Waals surface area (Å²) in [6.45, 7) is 6.00. The van der Waals surface area contributed by atoms with E-state index in [0.717, 1.165) is 11.8 Å². The summed E-state index contributed by atoms with van der Waals surface area (Å²) in [7, 11) is -3.59. The summed E-state index contributed by atoms with van der Waals surface area (Å²) < 4.78 is 26.2.